The van der Waals surface area contributed by atoms with E-state index < -0.39 is 5.38 Å². The molecule has 2 aliphatic rings. The topological polar surface area (TPSA) is 41.8 Å². The van der Waals surface area contributed by atoms with E-state index in [2.05, 4.69) is 9.98 Å². The van der Waals surface area contributed by atoms with Gasteiger partial charge in [0.05, 0.1) is 16.7 Å². The highest BCUT2D eigenvalue weighted by molar-refractivity contribution is 6.45. The van der Waals surface area contributed by atoms with Gasteiger partial charge < -0.3 is 0 Å². The van der Waals surface area contributed by atoms with Gasteiger partial charge in [0.15, 0.2) is 0 Å². The molecule has 0 saturated heterocycles. The summed E-state index contributed by atoms with van der Waals surface area (Å²) in [6, 6.07) is 0. The molecular weight excluding hydrogens is 211 g/mol. The van der Waals surface area contributed by atoms with E-state index in [-0.39, 0.29) is 5.91 Å². The average Bonchev–Trinajstić information content (AvgIpc) is 2.07. The summed E-state index contributed by atoms with van der Waals surface area (Å²) in [7, 11) is 0. The van der Waals surface area contributed by atoms with Crippen molar-refractivity contribution in [2.75, 3.05) is 0 Å². The zero-order valence-electron chi connectivity index (χ0n) is 6.37. The van der Waals surface area contributed by atoms with Crippen molar-refractivity contribution in [3.05, 3.63) is 22.8 Å². The Labute approximate surface area is 84.5 Å². The molecule has 0 aromatic carbocycles. The molecule has 5 heteroatoms. The molecule has 0 radical (unpaired) electrons. The minimum atomic E-state index is -0.441. The lowest BCUT2D eigenvalue weighted by Gasteiger charge is -2.16. The second kappa shape index (κ2) is 3.09. The molecule has 1 aliphatic carbocycles. The molecule has 13 heavy (non-hydrogen) atoms. The van der Waals surface area contributed by atoms with Crippen molar-refractivity contribution in [3.63, 3.8) is 0 Å². The minimum absolute atomic E-state index is 0.345. The highest BCUT2D eigenvalue weighted by Crippen LogP contribution is 2.24. The van der Waals surface area contributed by atoms with Crippen LogP contribution in [0.2, 0.25) is 0 Å². The van der Waals surface area contributed by atoms with Gasteiger partial charge in [-0.1, -0.05) is 11.6 Å². The monoisotopic (exact) mass is 214 g/mol. The molecule has 66 valence electrons. The van der Waals surface area contributed by atoms with Crippen LogP contribution in [0, 0.1) is 0 Å². The van der Waals surface area contributed by atoms with Gasteiger partial charge in [-0.2, -0.15) is 4.99 Å². The van der Waals surface area contributed by atoms with E-state index in [4.69, 9.17) is 23.2 Å². The number of hydrogen-bond donors (Lipinski definition) is 0. The van der Waals surface area contributed by atoms with E-state index >= 15 is 0 Å². The van der Waals surface area contributed by atoms with Crippen LogP contribution in [-0.4, -0.2) is 23.3 Å². The van der Waals surface area contributed by atoms with Gasteiger partial charge in [-0.3, -0.25) is 4.79 Å². The highest BCUT2D eigenvalue weighted by Gasteiger charge is 2.26. The van der Waals surface area contributed by atoms with Gasteiger partial charge in [-0.05, 0) is 12.2 Å². The van der Waals surface area contributed by atoms with E-state index in [1.54, 1.807) is 6.08 Å². The number of allylic oxidation sites excluding steroid dienone is 3. The van der Waals surface area contributed by atoms with Crippen LogP contribution >= 0.6 is 23.2 Å². The molecule has 3 nitrogen and oxygen atoms in total. The van der Waals surface area contributed by atoms with Gasteiger partial charge in [0.2, 0.25) is 0 Å². The summed E-state index contributed by atoms with van der Waals surface area (Å²) < 4.78 is 0. The quantitative estimate of drug-likeness (QED) is 0.566. The number of fused-ring (bicyclic) bond motifs is 1. The van der Waals surface area contributed by atoms with Crippen LogP contribution in [0.3, 0.4) is 0 Å². The smallest absolute Gasteiger partial charge is 0.267 e. The number of aliphatic imine (C=N–C) groups is 2. The summed E-state index contributed by atoms with van der Waals surface area (Å²) >= 11 is 11.6. The third-order valence-electron chi connectivity index (χ3n) is 1.73. The number of nitrogens with zero attached hydrogens (tertiary/aromatic N) is 2. The van der Waals surface area contributed by atoms with Crippen molar-refractivity contribution in [3.8, 4) is 0 Å². The Hall–Kier alpha value is -0.930. The standard InChI is InChI=1S/C8H4Cl2N2O/c9-4-1-5-7(6(10)2-4)11-3-12-8(5)13/h1-3,6H. The van der Waals surface area contributed by atoms with E-state index in [9.17, 15) is 4.79 Å². The third kappa shape index (κ3) is 1.45. The largest absolute Gasteiger partial charge is 0.280 e. The van der Waals surface area contributed by atoms with Crippen molar-refractivity contribution in [2.24, 2.45) is 9.98 Å². The molecule has 1 heterocycles. The molecule has 0 N–H and O–H groups in total. The summed E-state index contributed by atoms with van der Waals surface area (Å²) in [4.78, 5) is 18.7. The first-order chi connectivity index (χ1) is 6.18. The van der Waals surface area contributed by atoms with Gasteiger partial charge >= 0.3 is 0 Å². The number of rotatable bonds is 0. The second-order valence-corrected chi connectivity index (χ2v) is 3.48. The van der Waals surface area contributed by atoms with Crippen molar-refractivity contribution in [1.29, 1.82) is 0 Å². The fourth-order valence-electron chi connectivity index (χ4n) is 1.15. The predicted molar refractivity (Wildman–Crippen MR) is 52.6 cm³/mol. The summed E-state index contributed by atoms with van der Waals surface area (Å²) in [6.07, 6.45) is 4.35. The number of halogens is 2. The van der Waals surface area contributed by atoms with Crippen LogP contribution in [0.5, 0.6) is 0 Å². The van der Waals surface area contributed by atoms with E-state index in [0.717, 1.165) is 0 Å². The zero-order chi connectivity index (χ0) is 9.42. The molecule has 2 rings (SSSR count). The molecule has 0 aromatic heterocycles. The van der Waals surface area contributed by atoms with Gasteiger partial charge in [-0.15, -0.1) is 11.6 Å². The molecule has 0 spiro atoms. The number of alkyl halides is 1. The summed E-state index contributed by atoms with van der Waals surface area (Å²) in [6.45, 7) is 0. The summed E-state index contributed by atoms with van der Waals surface area (Å²) in [5.74, 6) is -0.345. The van der Waals surface area contributed by atoms with Gasteiger partial charge in [-0.25, -0.2) is 4.99 Å². The van der Waals surface area contributed by atoms with E-state index in [1.807, 2.05) is 0 Å². The number of hydrogen-bond acceptors (Lipinski definition) is 2. The lowest BCUT2D eigenvalue weighted by atomic mass is 10.0. The van der Waals surface area contributed by atoms with E-state index in [1.165, 1.54) is 12.4 Å². The van der Waals surface area contributed by atoms with Crippen LogP contribution in [-0.2, 0) is 4.79 Å². The van der Waals surface area contributed by atoms with E-state index in [0.29, 0.717) is 16.3 Å². The first kappa shape index (κ1) is 8.66. The van der Waals surface area contributed by atoms with Crippen LogP contribution in [0.1, 0.15) is 0 Å². The highest BCUT2D eigenvalue weighted by atomic mass is 35.5. The molecule has 1 atom stereocenters. The molecule has 1 unspecified atom stereocenters. The molecular formula is C8H4Cl2N2O. The molecule has 0 saturated carbocycles. The van der Waals surface area contributed by atoms with Crippen LogP contribution in [0.4, 0.5) is 0 Å². The van der Waals surface area contributed by atoms with Crippen molar-refractivity contribution >= 4 is 41.2 Å². The summed E-state index contributed by atoms with van der Waals surface area (Å²) in [5, 5.41) is 0.00241. The van der Waals surface area contributed by atoms with Gasteiger partial charge in [0.1, 0.15) is 6.34 Å². The number of amides is 1. The number of carbonyl (C=O) groups excluding carboxylic acids is 1. The maximum Gasteiger partial charge on any atom is 0.280 e. The normalized spacial score (nSPS) is 26.2. The average molecular weight is 215 g/mol. The first-order valence-electron chi connectivity index (χ1n) is 3.56. The Kier molecular flexibility index (Phi) is 2.06. The fraction of sp³-hybridized carbons (Fsp3) is 0.125. The Morgan fingerprint density at radius 1 is 1.46 bits per heavy atom. The third-order valence-corrected chi connectivity index (χ3v) is 2.29. The lowest BCUT2D eigenvalue weighted by molar-refractivity contribution is -0.113. The zero-order valence-corrected chi connectivity index (χ0v) is 7.88. The fourth-order valence-corrected chi connectivity index (χ4v) is 1.76. The SMILES string of the molecule is O=C1N=CN=C2C1=CC(Cl)=CC2Cl. The summed E-state index contributed by atoms with van der Waals surface area (Å²) in [5.41, 5.74) is 0.904. The van der Waals surface area contributed by atoms with Gasteiger partial charge in [0, 0.05) is 5.03 Å². The molecule has 1 amide bonds. The van der Waals surface area contributed by atoms with Crippen molar-refractivity contribution in [1.82, 2.24) is 0 Å². The number of carbonyl (C=O) groups is 1. The predicted octanol–water partition coefficient (Wildman–Crippen LogP) is 1.67. The molecule has 0 aromatic rings. The van der Waals surface area contributed by atoms with Crippen molar-refractivity contribution in [2.45, 2.75) is 5.38 Å². The maximum absolute atomic E-state index is 11.2. The molecule has 1 aliphatic heterocycles. The van der Waals surface area contributed by atoms with Crippen LogP contribution in [0.25, 0.3) is 0 Å². The maximum atomic E-state index is 11.2. The Morgan fingerprint density at radius 2 is 2.23 bits per heavy atom. The first-order valence-corrected chi connectivity index (χ1v) is 4.38. The minimum Gasteiger partial charge on any atom is -0.267 e. The van der Waals surface area contributed by atoms with Crippen LogP contribution < -0.4 is 0 Å². The Morgan fingerprint density at radius 3 is 3.00 bits per heavy atom. The van der Waals surface area contributed by atoms with Crippen LogP contribution in [0.15, 0.2) is 32.7 Å². The lowest BCUT2D eigenvalue weighted by Crippen LogP contribution is -2.25. The molecule has 0 fully saturated rings. The Bertz CT molecular complexity index is 393. The second-order valence-electron chi connectivity index (χ2n) is 2.58. The van der Waals surface area contributed by atoms with Gasteiger partial charge in [0.25, 0.3) is 5.91 Å². The Balaban J connectivity index is 2.52. The molecule has 0 bridgehead atoms. The van der Waals surface area contributed by atoms with Crippen molar-refractivity contribution < 1.29 is 4.79 Å².